The van der Waals surface area contributed by atoms with Crippen LogP contribution in [0.5, 0.6) is 11.5 Å². The molecule has 4 rings (SSSR count). The molecular weight excluding hydrogens is 374 g/mol. The second kappa shape index (κ2) is 9.83. The largest absolute Gasteiger partial charge is 0.495 e. The number of ether oxygens (including phenoxy) is 2. The summed E-state index contributed by atoms with van der Waals surface area (Å²) in [5.41, 5.74) is 3.34. The van der Waals surface area contributed by atoms with Crippen LogP contribution in [0.15, 0.2) is 84.0 Å². The van der Waals surface area contributed by atoms with E-state index in [2.05, 4.69) is 39.3 Å². The summed E-state index contributed by atoms with van der Waals surface area (Å²) in [6.07, 6.45) is 1.91. The van der Waals surface area contributed by atoms with E-state index in [4.69, 9.17) is 9.47 Å². The van der Waals surface area contributed by atoms with Gasteiger partial charge in [-0.1, -0.05) is 54.6 Å². The Labute approximate surface area is 178 Å². The van der Waals surface area contributed by atoms with Crippen LogP contribution in [0.25, 0.3) is 0 Å². The zero-order valence-corrected chi connectivity index (χ0v) is 17.3. The summed E-state index contributed by atoms with van der Waals surface area (Å²) in [5, 5.41) is 6.79. The molecule has 3 aromatic carbocycles. The van der Waals surface area contributed by atoms with Gasteiger partial charge in [0.15, 0.2) is 0 Å². The molecule has 0 bridgehead atoms. The van der Waals surface area contributed by atoms with E-state index in [0.717, 1.165) is 54.5 Å². The minimum Gasteiger partial charge on any atom is -0.495 e. The number of anilines is 1. The molecule has 154 valence electrons. The normalized spacial score (nSPS) is 14.2. The lowest BCUT2D eigenvalue weighted by Gasteiger charge is -2.35. The van der Waals surface area contributed by atoms with E-state index >= 15 is 0 Å². The quantitative estimate of drug-likeness (QED) is 0.549. The molecule has 1 heterocycles. The van der Waals surface area contributed by atoms with Crippen molar-refractivity contribution < 1.29 is 9.47 Å². The van der Waals surface area contributed by atoms with Crippen LogP contribution in [0.3, 0.4) is 0 Å². The summed E-state index contributed by atoms with van der Waals surface area (Å²) in [7, 11) is 1.72. The smallest absolute Gasteiger partial charge is 0.142 e. The topological polar surface area (TPSA) is 37.3 Å². The van der Waals surface area contributed by atoms with Crippen molar-refractivity contribution in [1.29, 1.82) is 0 Å². The molecule has 5 heteroatoms. The number of hydrogen-bond acceptors (Lipinski definition) is 5. The highest BCUT2D eigenvalue weighted by molar-refractivity contribution is 5.80. The number of nitrogens with zero attached hydrogens (tertiary/aromatic N) is 3. The lowest BCUT2D eigenvalue weighted by molar-refractivity contribution is 0.271. The Hall–Kier alpha value is -3.47. The number of piperazine rings is 1. The number of hydrogen-bond donors (Lipinski definition) is 0. The van der Waals surface area contributed by atoms with Crippen molar-refractivity contribution in [2.24, 2.45) is 5.10 Å². The third-order valence-electron chi connectivity index (χ3n) is 5.16. The van der Waals surface area contributed by atoms with Crippen LogP contribution in [-0.4, -0.2) is 44.5 Å². The number of rotatable bonds is 7. The molecule has 0 radical (unpaired) electrons. The summed E-state index contributed by atoms with van der Waals surface area (Å²) in [6.45, 7) is 4.14. The molecule has 3 aromatic rings. The van der Waals surface area contributed by atoms with Crippen LogP contribution in [0, 0.1) is 0 Å². The molecule has 0 aromatic heterocycles. The highest BCUT2D eigenvalue weighted by atomic mass is 16.5. The maximum atomic E-state index is 5.92. The maximum absolute atomic E-state index is 5.92. The summed E-state index contributed by atoms with van der Waals surface area (Å²) >= 11 is 0. The zero-order chi connectivity index (χ0) is 20.6. The fourth-order valence-electron chi connectivity index (χ4n) is 3.52. The first-order chi connectivity index (χ1) is 14.8. The molecule has 1 aliphatic rings. The van der Waals surface area contributed by atoms with Crippen LogP contribution < -0.4 is 14.4 Å². The average molecular weight is 402 g/mol. The van der Waals surface area contributed by atoms with Gasteiger partial charge in [-0.15, -0.1) is 0 Å². The van der Waals surface area contributed by atoms with Gasteiger partial charge < -0.3 is 14.4 Å². The molecule has 5 nitrogen and oxygen atoms in total. The lowest BCUT2D eigenvalue weighted by Crippen LogP contribution is -2.44. The van der Waals surface area contributed by atoms with Gasteiger partial charge in [0, 0.05) is 13.1 Å². The van der Waals surface area contributed by atoms with Crippen LogP contribution in [0.1, 0.15) is 11.1 Å². The molecule has 0 saturated carbocycles. The average Bonchev–Trinajstić information content (AvgIpc) is 2.83. The number of para-hydroxylation sites is 2. The van der Waals surface area contributed by atoms with E-state index < -0.39 is 0 Å². The molecule has 0 N–H and O–H groups in total. The molecule has 30 heavy (non-hydrogen) atoms. The van der Waals surface area contributed by atoms with Gasteiger partial charge in [0.2, 0.25) is 0 Å². The summed E-state index contributed by atoms with van der Waals surface area (Å²) < 4.78 is 11.4. The second-order valence-electron chi connectivity index (χ2n) is 7.20. The fourth-order valence-corrected chi connectivity index (χ4v) is 3.52. The highest BCUT2D eigenvalue weighted by Gasteiger charge is 2.18. The van der Waals surface area contributed by atoms with Gasteiger partial charge >= 0.3 is 0 Å². The SMILES string of the molecule is COc1ccccc1N1CCN(/N=C\c2cccc(OCc3ccccc3)c2)CC1. The van der Waals surface area contributed by atoms with Crippen molar-refractivity contribution in [1.82, 2.24) is 5.01 Å². The van der Waals surface area contributed by atoms with E-state index in [0.29, 0.717) is 6.61 Å². The number of methoxy groups -OCH3 is 1. The van der Waals surface area contributed by atoms with Crippen molar-refractivity contribution in [2.75, 3.05) is 38.2 Å². The Morgan fingerprint density at radius 2 is 1.63 bits per heavy atom. The fraction of sp³-hybridized carbons (Fsp3) is 0.240. The Balaban J connectivity index is 1.31. The molecule has 0 aliphatic carbocycles. The highest BCUT2D eigenvalue weighted by Crippen LogP contribution is 2.28. The minimum atomic E-state index is 0.562. The van der Waals surface area contributed by atoms with E-state index in [1.165, 1.54) is 0 Å². The second-order valence-corrected chi connectivity index (χ2v) is 7.20. The van der Waals surface area contributed by atoms with Crippen LogP contribution in [0.2, 0.25) is 0 Å². The molecule has 0 unspecified atom stereocenters. The van der Waals surface area contributed by atoms with Crippen molar-refractivity contribution in [2.45, 2.75) is 6.61 Å². The Bertz CT molecular complexity index is 967. The maximum Gasteiger partial charge on any atom is 0.142 e. The molecule has 0 spiro atoms. The van der Waals surface area contributed by atoms with E-state index in [1.807, 2.05) is 60.8 Å². The van der Waals surface area contributed by atoms with E-state index in [1.54, 1.807) is 7.11 Å². The molecule has 1 aliphatic heterocycles. The standard InChI is InChI=1S/C25H27N3O2/c1-29-25-13-6-5-12-24(25)27-14-16-28(17-15-27)26-19-22-10-7-11-23(18-22)30-20-21-8-3-2-4-9-21/h2-13,18-19H,14-17,20H2,1H3/b26-19-. The van der Waals surface area contributed by atoms with Crippen molar-refractivity contribution in [3.8, 4) is 11.5 Å². The predicted octanol–water partition coefficient (Wildman–Crippen LogP) is 4.43. The van der Waals surface area contributed by atoms with Gasteiger partial charge in [0.05, 0.1) is 32.1 Å². The van der Waals surface area contributed by atoms with Gasteiger partial charge in [-0.25, -0.2) is 0 Å². The third-order valence-corrected chi connectivity index (χ3v) is 5.16. The number of hydrazone groups is 1. The van der Waals surface area contributed by atoms with Gasteiger partial charge in [-0.05, 0) is 35.4 Å². The Morgan fingerprint density at radius 3 is 2.43 bits per heavy atom. The summed E-state index contributed by atoms with van der Waals surface area (Å²) in [6, 6.07) is 26.4. The first kappa shape index (κ1) is 19.8. The van der Waals surface area contributed by atoms with Crippen molar-refractivity contribution in [3.63, 3.8) is 0 Å². The minimum absolute atomic E-state index is 0.562. The van der Waals surface area contributed by atoms with E-state index in [-0.39, 0.29) is 0 Å². The van der Waals surface area contributed by atoms with Crippen LogP contribution in [-0.2, 0) is 6.61 Å². The van der Waals surface area contributed by atoms with Crippen molar-refractivity contribution in [3.05, 3.63) is 90.0 Å². The molecule has 0 atom stereocenters. The molecule has 1 fully saturated rings. The molecular formula is C25H27N3O2. The number of benzene rings is 3. The monoisotopic (exact) mass is 401 g/mol. The van der Waals surface area contributed by atoms with Crippen LogP contribution >= 0.6 is 0 Å². The summed E-state index contributed by atoms with van der Waals surface area (Å²) in [4.78, 5) is 2.35. The zero-order valence-electron chi connectivity index (χ0n) is 17.3. The molecule has 1 saturated heterocycles. The van der Waals surface area contributed by atoms with E-state index in [9.17, 15) is 0 Å². The van der Waals surface area contributed by atoms with Gasteiger partial charge in [-0.3, -0.25) is 5.01 Å². The Morgan fingerprint density at radius 1 is 0.867 bits per heavy atom. The van der Waals surface area contributed by atoms with Gasteiger partial charge in [-0.2, -0.15) is 5.10 Å². The predicted molar refractivity (Wildman–Crippen MR) is 122 cm³/mol. The summed E-state index contributed by atoms with van der Waals surface area (Å²) in [5.74, 6) is 1.77. The Kier molecular flexibility index (Phi) is 6.50. The first-order valence-corrected chi connectivity index (χ1v) is 10.3. The van der Waals surface area contributed by atoms with Crippen molar-refractivity contribution >= 4 is 11.9 Å². The van der Waals surface area contributed by atoms with Gasteiger partial charge in [0.25, 0.3) is 0 Å². The third kappa shape index (κ3) is 5.11. The lowest BCUT2D eigenvalue weighted by atomic mass is 10.2. The van der Waals surface area contributed by atoms with Gasteiger partial charge in [0.1, 0.15) is 18.1 Å². The first-order valence-electron chi connectivity index (χ1n) is 10.3. The van der Waals surface area contributed by atoms with Crippen LogP contribution in [0.4, 0.5) is 5.69 Å². The molecule has 0 amide bonds.